The normalized spacial score (nSPS) is 26.6. The van der Waals surface area contributed by atoms with Crippen molar-refractivity contribution in [1.29, 1.82) is 0 Å². The number of halogens is 1. The molecule has 0 unspecified atom stereocenters. The maximum absolute atomic E-state index is 12.8. The lowest BCUT2D eigenvalue weighted by Gasteiger charge is -2.41. The summed E-state index contributed by atoms with van der Waals surface area (Å²) in [5, 5.41) is 0. The smallest absolute Gasteiger partial charge is 0.239 e. The van der Waals surface area contributed by atoms with E-state index in [4.69, 9.17) is 0 Å². The SMILES string of the molecule is C[C@H]1C(=O)N2CCC[C@@H]2CN1CC=Cc1ccc(F)cc1. The highest BCUT2D eigenvalue weighted by molar-refractivity contribution is 5.83. The molecule has 2 saturated heterocycles. The molecule has 2 atom stereocenters. The van der Waals surface area contributed by atoms with Gasteiger partial charge in [0, 0.05) is 25.7 Å². The fraction of sp³-hybridized carbons (Fsp3) is 0.471. The summed E-state index contributed by atoms with van der Waals surface area (Å²) in [4.78, 5) is 16.6. The summed E-state index contributed by atoms with van der Waals surface area (Å²) in [7, 11) is 0. The topological polar surface area (TPSA) is 23.6 Å². The summed E-state index contributed by atoms with van der Waals surface area (Å²) >= 11 is 0. The molecule has 0 aromatic heterocycles. The highest BCUT2D eigenvalue weighted by Crippen LogP contribution is 2.25. The number of carbonyl (C=O) groups excluding carboxylic acids is 1. The highest BCUT2D eigenvalue weighted by atomic mass is 19.1. The standard InChI is InChI=1S/C17H21FN2O/c1-13-17(21)20-11-3-5-16(20)12-19(13)10-2-4-14-6-8-15(18)9-7-14/h2,4,6-9,13,16H,3,5,10-12H2,1H3/t13-,16+/m0/s1. The Hall–Kier alpha value is -1.68. The van der Waals surface area contributed by atoms with Crippen LogP contribution in [0, 0.1) is 5.82 Å². The van der Waals surface area contributed by atoms with E-state index in [2.05, 4.69) is 11.0 Å². The Balaban J connectivity index is 1.62. The molecule has 0 radical (unpaired) electrons. The van der Waals surface area contributed by atoms with Crippen molar-refractivity contribution in [1.82, 2.24) is 9.80 Å². The molecular formula is C17H21FN2O. The second-order valence-corrected chi connectivity index (χ2v) is 5.91. The van der Waals surface area contributed by atoms with Gasteiger partial charge in [-0.1, -0.05) is 24.3 Å². The monoisotopic (exact) mass is 288 g/mol. The van der Waals surface area contributed by atoms with Crippen molar-refractivity contribution in [3.8, 4) is 0 Å². The Bertz CT molecular complexity index is 540. The van der Waals surface area contributed by atoms with Crippen molar-refractivity contribution >= 4 is 12.0 Å². The predicted molar refractivity (Wildman–Crippen MR) is 81.2 cm³/mol. The zero-order valence-corrected chi connectivity index (χ0v) is 12.3. The summed E-state index contributed by atoms with van der Waals surface area (Å²) in [5.41, 5.74) is 0.981. The zero-order chi connectivity index (χ0) is 14.8. The van der Waals surface area contributed by atoms with Crippen LogP contribution in [0.25, 0.3) is 6.08 Å². The van der Waals surface area contributed by atoms with Crippen LogP contribution in [0.4, 0.5) is 4.39 Å². The number of benzene rings is 1. The van der Waals surface area contributed by atoms with E-state index in [1.54, 1.807) is 12.1 Å². The first-order valence-corrected chi connectivity index (χ1v) is 7.62. The van der Waals surface area contributed by atoms with Gasteiger partial charge in [0.1, 0.15) is 5.82 Å². The molecule has 2 heterocycles. The maximum Gasteiger partial charge on any atom is 0.239 e. The van der Waals surface area contributed by atoms with Crippen LogP contribution in [-0.4, -0.2) is 47.4 Å². The minimum atomic E-state index is -0.219. The summed E-state index contributed by atoms with van der Waals surface area (Å²) < 4.78 is 12.8. The quantitative estimate of drug-likeness (QED) is 0.853. The third-order valence-corrected chi connectivity index (χ3v) is 4.53. The van der Waals surface area contributed by atoms with E-state index in [9.17, 15) is 9.18 Å². The number of carbonyl (C=O) groups is 1. The zero-order valence-electron chi connectivity index (χ0n) is 12.3. The number of amides is 1. The summed E-state index contributed by atoms with van der Waals surface area (Å²) in [6.07, 6.45) is 6.29. The maximum atomic E-state index is 12.8. The van der Waals surface area contributed by atoms with Crippen molar-refractivity contribution < 1.29 is 9.18 Å². The number of piperazine rings is 1. The van der Waals surface area contributed by atoms with E-state index >= 15 is 0 Å². The van der Waals surface area contributed by atoms with Gasteiger partial charge in [-0.25, -0.2) is 4.39 Å². The van der Waals surface area contributed by atoms with Crippen LogP contribution in [-0.2, 0) is 4.79 Å². The number of hydrogen-bond donors (Lipinski definition) is 0. The average molecular weight is 288 g/mol. The van der Waals surface area contributed by atoms with Crippen LogP contribution in [0.2, 0.25) is 0 Å². The molecule has 3 rings (SSSR count). The highest BCUT2D eigenvalue weighted by Gasteiger charge is 2.39. The van der Waals surface area contributed by atoms with Crippen molar-refractivity contribution in [2.75, 3.05) is 19.6 Å². The minimum absolute atomic E-state index is 0.0442. The molecule has 0 spiro atoms. The largest absolute Gasteiger partial charge is 0.337 e. The fourth-order valence-electron chi connectivity index (χ4n) is 3.27. The Morgan fingerprint density at radius 3 is 2.86 bits per heavy atom. The van der Waals surface area contributed by atoms with Gasteiger partial charge >= 0.3 is 0 Å². The van der Waals surface area contributed by atoms with E-state index in [0.29, 0.717) is 6.04 Å². The second kappa shape index (κ2) is 5.98. The summed E-state index contributed by atoms with van der Waals surface area (Å²) in [5.74, 6) is 0.0441. The van der Waals surface area contributed by atoms with Crippen LogP contribution in [0.1, 0.15) is 25.3 Å². The molecule has 2 aliphatic rings. The average Bonchev–Trinajstić information content (AvgIpc) is 2.95. The molecule has 2 fully saturated rings. The van der Waals surface area contributed by atoms with Crippen LogP contribution in [0.3, 0.4) is 0 Å². The van der Waals surface area contributed by atoms with Gasteiger partial charge < -0.3 is 4.90 Å². The minimum Gasteiger partial charge on any atom is -0.337 e. The van der Waals surface area contributed by atoms with Gasteiger partial charge in [0.25, 0.3) is 0 Å². The molecule has 0 saturated carbocycles. The Kier molecular flexibility index (Phi) is 4.06. The van der Waals surface area contributed by atoms with E-state index in [-0.39, 0.29) is 17.8 Å². The molecule has 4 heteroatoms. The fourth-order valence-corrected chi connectivity index (χ4v) is 3.27. The van der Waals surface area contributed by atoms with E-state index in [1.165, 1.54) is 12.1 Å². The van der Waals surface area contributed by atoms with Gasteiger partial charge in [-0.3, -0.25) is 9.69 Å². The van der Waals surface area contributed by atoms with Crippen molar-refractivity contribution in [2.24, 2.45) is 0 Å². The lowest BCUT2D eigenvalue weighted by Crippen LogP contribution is -2.58. The van der Waals surface area contributed by atoms with Crippen LogP contribution < -0.4 is 0 Å². The molecule has 1 aromatic carbocycles. The van der Waals surface area contributed by atoms with Crippen molar-refractivity contribution in [3.05, 3.63) is 41.7 Å². The van der Waals surface area contributed by atoms with Crippen LogP contribution >= 0.6 is 0 Å². The predicted octanol–water partition coefficient (Wildman–Crippen LogP) is 2.53. The number of fused-ring (bicyclic) bond motifs is 1. The van der Waals surface area contributed by atoms with Gasteiger partial charge in [0.2, 0.25) is 5.91 Å². The Morgan fingerprint density at radius 2 is 2.10 bits per heavy atom. The Morgan fingerprint density at radius 1 is 1.33 bits per heavy atom. The Labute approximate surface area is 125 Å². The number of nitrogens with zero attached hydrogens (tertiary/aromatic N) is 2. The second-order valence-electron chi connectivity index (χ2n) is 5.91. The van der Waals surface area contributed by atoms with Gasteiger partial charge in [0.05, 0.1) is 6.04 Å². The van der Waals surface area contributed by atoms with Gasteiger partial charge in [-0.15, -0.1) is 0 Å². The molecule has 0 N–H and O–H groups in total. The van der Waals surface area contributed by atoms with E-state index in [1.807, 2.05) is 17.9 Å². The van der Waals surface area contributed by atoms with E-state index < -0.39 is 0 Å². The van der Waals surface area contributed by atoms with Crippen LogP contribution in [0.5, 0.6) is 0 Å². The molecule has 0 bridgehead atoms. The first-order chi connectivity index (χ1) is 10.1. The number of hydrogen-bond acceptors (Lipinski definition) is 2. The summed E-state index contributed by atoms with van der Waals surface area (Å²) in [6, 6.07) is 6.79. The molecular weight excluding hydrogens is 267 g/mol. The molecule has 2 aliphatic heterocycles. The molecule has 112 valence electrons. The molecule has 0 aliphatic carbocycles. The van der Waals surface area contributed by atoms with Crippen LogP contribution in [0.15, 0.2) is 30.3 Å². The molecule has 21 heavy (non-hydrogen) atoms. The van der Waals surface area contributed by atoms with Crippen molar-refractivity contribution in [2.45, 2.75) is 31.8 Å². The van der Waals surface area contributed by atoms with Crippen molar-refractivity contribution in [3.63, 3.8) is 0 Å². The summed E-state index contributed by atoms with van der Waals surface area (Å²) in [6.45, 7) is 4.63. The third-order valence-electron chi connectivity index (χ3n) is 4.53. The first-order valence-electron chi connectivity index (χ1n) is 7.62. The van der Waals surface area contributed by atoms with Gasteiger partial charge in [-0.05, 0) is 37.5 Å². The lowest BCUT2D eigenvalue weighted by molar-refractivity contribution is -0.142. The van der Waals surface area contributed by atoms with Gasteiger partial charge in [-0.2, -0.15) is 0 Å². The van der Waals surface area contributed by atoms with Gasteiger partial charge in [0.15, 0.2) is 0 Å². The number of rotatable bonds is 3. The first kappa shape index (κ1) is 14.3. The molecule has 1 aromatic rings. The molecule has 3 nitrogen and oxygen atoms in total. The third kappa shape index (κ3) is 3.00. The lowest BCUT2D eigenvalue weighted by atomic mass is 10.1. The van der Waals surface area contributed by atoms with E-state index in [0.717, 1.165) is 38.0 Å². The molecule has 1 amide bonds.